The van der Waals surface area contributed by atoms with Crippen LogP contribution in [-0.4, -0.2) is 24.4 Å². The van der Waals surface area contributed by atoms with Crippen LogP contribution in [0.1, 0.15) is 23.7 Å². The zero-order chi connectivity index (χ0) is 15.7. The molecule has 1 atom stereocenters. The second-order valence-corrected chi connectivity index (χ2v) is 5.20. The summed E-state index contributed by atoms with van der Waals surface area (Å²) in [6.07, 6.45) is 1.38. The number of phenols is 2. The van der Waals surface area contributed by atoms with Crippen molar-refractivity contribution in [3.05, 3.63) is 41.5 Å². The molecule has 0 bridgehead atoms. The number of hydrogen-bond acceptors (Lipinski definition) is 5. The third kappa shape index (κ3) is 2.50. The highest BCUT2D eigenvalue weighted by Gasteiger charge is 2.25. The molecule has 0 spiro atoms. The van der Waals surface area contributed by atoms with E-state index in [1.165, 1.54) is 12.1 Å². The molecule has 0 aromatic heterocycles. The molecule has 1 aliphatic rings. The minimum absolute atomic E-state index is 0.136. The van der Waals surface area contributed by atoms with E-state index in [-0.39, 0.29) is 17.6 Å². The number of rotatable bonds is 3. The third-order valence-corrected chi connectivity index (χ3v) is 3.89. The first kappa shape index (κ1) is 14.4. The molecule has 2 N–H and O–H groups in total. The number of fused-ring (bicyclic) bond motifs is 1. The van der Waals surface area contributed by atoms with Gasteiger partial charge in [-0.1, -0.05) is 6.07 Å². The quantitative estimate of drug-likeness (QED) is 0.852. The van der Waals surface area contributed by atoms with Crippen molar-refractivity contribution in [3.63, 3.8) is 0 Å². The summed E-state index contributed by atoms with van der Waals surface area (Å²) in [6.45, 7) is 0. The van der Waals surface area contributed by atoms with Gasteiger partial charge < -0.3 is 24.4 Å². The number of benzene rings is 2. The SMILES string of the molecule is COc1cc(OC)c2c(c1)O[C@@H](c1ccc(O)c(O)c1)CC2. The highest BCUT2D eigenvalue weighted by atomic mass is 16.5. The molecule has 116 valence electrons. The number of aromatic hydroxyl groups is 2. The molecule has 0 saturated heterocycles. The number of hydrogen-bond donors (Lipinski definition) is 2. The van der Waals surface area contributed by atoms with Gasteiger partial charge in [0.2, 0.25) is 0 Å². The van der Waals surface area contributed by atoms with Gasteiger partial charge in [0.25, 0.3) is 0 Å². The van der Waals surface area contributed by atoms with Crippen LogP contribution in [0.3, 0.4) is 0 Å². The number of phenolic OH excluding ortho intramolecular Hbond substituents is 2. The molecule has 0 unspecified atom stereocenters. The number of ether oxygens (including phenoxy) is 3. The monoisotopic (exact) mass is 302 g/mol. The van der Waals surface area contributed by atoms with E-state index < -0.39 is 0 Å². The first-order valence-corrected chi connectivity index (χ1v) is 7.05. The largest absolute Gasteiger partial charge is 0.504 e. The van der Waals surface area contributed by atoms with E-state index in [1.807, 2.05) is 12.1 Å². The molecule has 1 aliphatic heterocycles. The topological polar surface area (TPSA) is 68.2 Å². The smallest absolute Gasteiger partial charge is 0.157 e. The summed E-state index contributed by atoms with van der Waals surface area (Å²) in [7, 11) is 3.22. The summed E-state index contributed by atoms with van der Waals surface area (Å²) in [5.41, 5.74) is 1.84. The number of methoxy groups -OCH3 is 2. The summed E-state index contributed by atoms with van der Waals surface area (Å²) < 4.78 is 16.7. The predicted octanol–water partition coefficient (Wildman–Crippen LogP) is 3.18. The molecular formula is C17H18O5. The van der Waals surface area contributed by atoms with Gasteiger partial charge in [0.1, 0.15) is 23.4 Å². The summed E-state index contributed by atoms with van der Waals surface area (Å²) in [5, 5.41) is 19.1. The maximum Gasteiger partial charge on any atom is 0.157 e. The molecule has 0 amide bonds. The molecule has 2 aromatic rings. The lowest BCUT2D eigenvalue weighted by Crippen LogP contribution is -2.16. The standard InChI is InChI=1S/C17H18O5/c1-20-11-8-16(21-2)12-4-6-15(22-17(12)9-11)10-3-5-13(18)14(19)7-10/h3,5,7-9,15,18-19H,4,6H2,1-2H3/t15-/m1/s1. The van der Waals surface area contributed by atoms with Gasteiger partial charge in [0.15, 0.2) is 11.5 Å². The fourth-order valence-electron chi connectivity index (χ4n) is 2.71. The van der Waals surface area contributed by atoms with Gasteiger partial charge in [-0.25, -0.2) is 0 Å². The first-order valence-electron chi connectivity index (χ1n) is 7.05. The Morgan fingerprint density at radius 1 is 1.05 bits per heavy atom. The molecule has 3 rings (SSSR count). The molecule has 5 heteroatoms. The average molecular weight is 302 g/mol. The maximum atomic E-state index is 9.64. The molecule has 0 saturated carbocycles. The van der Waals surface area contributed by atoms with Crippen molar-refractivity contribution in [1.29, 1.82) is 0 Å². The predicted molar refractivity (Wildman–Crippen MR) is 81.0 cm³/mol. The van der Waals surface area contributed by atoms with Crippen LogP contribution >= 0.6 is 0 Å². The summed E-state index contributed by atoms with van der Waals surface area (Å²) in [5.74, 6) is 1.87. The second-order valence-electron chi connectivity index (χ2n) is 5.20. The van der Waals surface area contributed by atoms with Crippen molar-refractivity contribution in [2.45, 2.75) is 18.9 Å². The molecule has 0 radical (unpaired) electrons. The molecule has 22 heavy (non-hydrogen) atoms. The van der Waals surface area contributed by atoms with Crippen LogP contribution in [-0.2, 0) is 6.42 Å². The highest BCUT2D eigenvalue weighted by molar-refractivity contribution is 5.52. The van der Waals surface area contributed by atoms with Gasteiger partial charge in [-0.15, -0.1) is 0 Å². The van der Waals surface area contributed by atoms with Gasteiger partial charge >= 0.3 is 0 Å². The van der Waals surface area contributed by atoms with Crippen LogP contribution in [0.25, 0.3) is 0 Å². The van der Waals surface area contributed by atoms with Gasteiger partial charge in [0, 0.05) is 17.7 Å². The summed E-state index contributed by atoms with van der Waals surface area (Å²) >= 11 is 0. The van der Waals surface area contributed by atoms with E-state index in [0.717, 1.165) is 35.5 Å². The summed E-state index contributed by atoms with van der Waals surface area (Å²) in [6, 6.07) is 8.43. The lowest BCUT2D eigenvalue weighted by Gasteiger charge is -2.28. The van der Waals surface area contributed by atoms with Crippen molar-refractivity contribution >= 4 is 0 Å². The van der Waals surface area contributed by atoms with E-state index >= 15 is 0 Å². The van der Waals surface area contributed by atoms with Crippen LogP contribution in [0, 0.1) is 0 Å². The molecular weight excluding hydrogens is 284 g/mol. The van der Waals surface area contributed by atoms with Crippen LogP contribution in [0.15, 0.2) is 30.3 Å². The van der Waals surface area contributed by atoms with Crippen molar-refractivity contribution in [2.24, 2.45) is 0 Å². The zero-order valence-corrected chi connectivity index (χ0v) is 12.5. The maximum absolute atomic E-state index is 9.64. The third-order valence-electron chi connectivity index (χ3n) is 3.89. The molecule has 1 heterocycles. The minimum atomic E-state index is -0.184. The Balaban J connectivity index is 1.94. The van der Waals surface area contributed by atoms with Crippen LogP contribution in [0.5, 0.6) is 28.7 Å². The lowest BCUT2D eigenvalue weighted by molar-refractivity contribution is 0.173. The van der Waals surface area contributed by atoms with Crippen molar-refractivity contribution < 1.29 is 24.4 Å². The van der Waals surface area contributed by atoms with E-state index in [0.29, 0.717) is 5.75 Å². The van der Waals surface area contributed by atoms with Crippen LogP contribution < -0.4 is 14.2 Å². The van der Waals surface area contributed by atoms with E-state index in [9.17, 15) is 10.2 Å². The van der Waals surface area contributed by atoms with Gasteiger partial charge in [-0.05, 0) is 30.5 Å². The zero-order valence-electron chi connectivity index (χ0n) is 12.5. The molecule has 0 aliphatic carbocycles. The van der Waals surface area contributed by atoms with Crippen LogP contribution in [0.2, 0.25) is 0 Å². The normalized spacial score (nSPS) is 16.5. The van der Waals surface area contributed by atoms with E-state index in [4.69, 9.17) is 14.2 Å². The Kier molecular flexibility index (Phi) is 3.71. The Morgan fingerprint density at radius 3 is 2.55 bits per heavy atom. The van der Waals surface area contributed by atoms with Crippen molar-refractivity contribution in [3.8, 4) is 28.7 Å². The Hall–Kier alpha value is -2.56. The van der Waals surface area contributed by atoms with Crippen molar-refractivity contribution in [2.75, 3.05) is 14.2 Å². The van der Waals surface area contributed by atoms with E-state index in [2.05, 4.69) is 0 Å². The van der Waals surface area contributed by atoms with Crippen molar-refractivity contribution in [1.82, 2.24) is 0 Å². The lowest BCUT2D eigenvalue weighted by atomic mass is 9.96. The molecule has 2 aromatic carbocycles. The summed E-state index contributed by atoms with van der Waals surface area (Å²) in [4.78, 5) is 0. The fraction of sp³-hybridized carbons (Fsp3) is 0.294. The Bertz CT molecular complexity index is 696. The Morgan fingerprint density at radius 2 is 1.86 bits per heavy atom. The minimum Gasteiger partial charge on any atom is -0.504 e. The van der Waals surface area contributed by atoms with Crippen LogP contribution in [0.4, 0.5) is 0 Å². The second kappa shape index (κ2) is 5.67. The van der Waals surface area contributed by atoms with Gasteiger partial charge in [-0.2, -0.15) is 0 Å². The Labute approximate surface area is 128 Å². The first-order chi connectivity index (χ1) is 10.6. The van der Waals surface area contributed by atoms with E-state index in [1.54, 1.807) is 20.3 Å². The fourth-order valence-corrected chi connectivity index (χ4v) is 2.71. The van der Waals surface area contributed by atoms with Gasteiger partial charge in [0.05, 0.1) is 14.2 Å². The molecule has 5 nitrogen and oxygen atoms in total. The highest BCUT2D eigenvalue weighted by Crippen LogP contribution is 2.43. The average Bonchev–Trinajstić information content (AvgIpc) is 2.55. The van der Waals surface area contributed by atoms with Gasteiger partial charge in [-0.3, -0.25) is 0 Å². The molecule has 0 fully saturated rings.